The van der Waals surface area contributed by atoms with Crippen LogP contribution in [0.2, 0.25) is 0 Å². The molecule has 1 aromatic heterocycles. The number of rotatable bonds is 6. The van der Waals surface area contributed by atoms with Crippen LogP contribution in [-0.4, -0.2) is 23.8 Å². The molecule has 0 aliphatic carbocycles. The van der Waals surface area contributed by atoms with Crippen LogP contribution in [0.4, 0.5) is 5.69 Å². The molecule has 0 aliphatic heterocycles. The molecule has 1 N–H and O–H groups in total. The summed E-state index contributed by atoms with van der Waals surface area (Å²) in [6, 6.07) is 9.75. The highest BCUT2D eigenvalue weighted by molar-refractivity contribution is 7.98. The summed E-state index contributed by atoms with van der Waals surface area (Å²) < 4.78 is 5.63. The van der Waals surface area contributed by atoms with Crippen LogP contribution in [0.15, 0.2) is 41.6 Å². The predicted octanol–water partition coefficient (Wildman–Crippen LogP) is 3.83. The number of hydrogen-bond donors (Lipinski definition) is 1. The van der Waals surface area contributed by atoms with Gasteiger partial charge >= 0.3 is 0 Å². The maximum atomic E-state index is 11.9. The summed E-state index contributed by atoms with van der Waals surface area (Å²) in [5.41, 5.74) is 3.01. The molecule has 0 aliphatic rings. The van der Waals surface area contributed by atoms with E-state index in [2.05, 4.69) is 16.4 Å². The summed E-state index contributed by atoms with van der Waals surface area (Å²) in [6.07, 6.45) is 3.93. The Bertz CT molecular complexity index is 621. The first-order chi connectivity index (χ1) is 10.6. The third-order valence-corrected chi connectivity index (χ3v) is 3.68. The zero-order valence-corrected chi connectivity index (χ0v) is 13.9. The largest absolute Gasteiger partial charge is 0.493 e. The zero-order chi connectivity index (χ0) is 15.9. The minimum absolute atomic E-state index is 0.0805. The first-order valence-electron chi connectivity index (χ1n) is 7.08. The van der Waals surface area contributed by atoms with Crippen molar-refractivity contribution in [2.45, 2.75) is 25.3 Å². The van der Waals surface area contributed by atoms with Crippen molar-refractivity contribution >= 4 is 23.4 Å². The van der Waals surface area contributed by atoms with Gasteiger partial charge in [-0.25, -0.2) is 4.98 Å². The molecule has 2 aromatic rings. The maximum Gasteiger partial charge on any atom is 0.227 e. The summed E-state index contributed by atoms with van der Waals surface area (Å²) in [6.45, 7) is 4.40. The lowest BCUT2D eigenvalue weighted by molar-refractivity contribution is -0.116. The zero-order valence-electron chi connectivity index (χ0n) is 13.1. The Morgan fingerprint density at radius 3 is 2.55 bits per heavy atom. The Labute approximate surface area is 135 Å². The van der Waals surface area contributed by atoms with Crippen molar-refractivity contribution in [3.8, 4) is 5.75 Å². The molecule has 2 rings (SSSR count). The third-order valence-electron chi connectivity index (χ3n) is 3.02. The number of amides is 1. The normalized spacial score (nSPS) is 10.3. The highest BCUT2D eigenvalue weighted by Gasteiger charge is 2.04. The summed E-state index contributed by atoms with van der Waals surface area (Å²) in [4.78, 5) is 16.1. The van der Waals surface area contributed by atoms with E-state index in [0.717, 1.165) is 21.9 Å². The first kappa shape index (κ1) is 16.4. The van der Waals surface area contributed by atoms with Gasteiger partial charge in [0.2, 0.25) is 5.91 Å². The van der Waals surface area contributed by atoms with Gasteiger partial charge in [-0.05, 0) is 55.5 Å². The van der Waals surface area contributed by atoms with E-state index < -0.39 is 0 Å². The summed E-state index contributed by atoms with van der Waals surface area (Å²) in [5.74, 6) is 0.722. The second-order valence-electron chi connectivity index (χ2n) is 5.06. The molecule has 1 heterocycles. The monoisotopic (exact) mass is 316 g/mol. The standard InChI is InChI=1S/C17H20N2O2S/c1-12-8-13(2)10-15(9-12)21-7-6-16(20)19-14-4-5-17(22-3)18-11-14/h4-5,8-11H,6-7H2,1-3H3,(H,19,20). The van der Waals surface area contributed by atoms with E-state index in [-0.39, 0.29) is 5.91 Å². The van der Waals surface area contributed by atoms with Gasteiger partial charge in [-0.2, -0.15) is 0 Å². The van der Waals surface area contributed by atoms with Crippen LogP contribution in [0.3, 0.4) is 0 Å². The molecule has 0 saturated heterocycles. The van der Waals surface area contributed by atoms with Gasteiger partial charge in [0.1, 0.15) is 5.75 Å². The van der Waals surface area contributed by atoms with Crippen LogP contribution < -0.4 is 10.1 Å². The molecular weight excluding hydrogens is 296 g/mol. The van der Waals surface area contributed by atoms with Gasteiger partial charge < -0.3 is 10.1 Å². The van der Waals surface area contributed by atoms with Crippen molar-refractivity contribution in [3.05, 3.63) is 47.7 Å². The Morgan fingerprint density at radius 2 is 1.95 bits per heavy atom. The average molecular weight is 316 g/mol. The molecule has 116 valence electrons. The van der Waals surface area contributed by atoms with Crippen molar-refractivity contribution in [2.24, 2.45) is 0 Å². The van der Waals surface area contributed by atoms with Crippen molar-refractivity contribution < 1.29 is 9.53 Å². The lowest BCUT2D eigenvalue weighted by Gasteiger charge is -2.09. The fourth-order valence-corrected chi connectivity index (χ4v) is 2.44. The van der Waals surface area contributed by atoms with Crippen LogP contribution in [0, 0.1) is 13.8 Å². The molecule has 0 radical (unpaired) electrons. The van der Waals surface area contributed by atoms with E-state index in [1.54, 1.807) is 18.0 Å². The second kappa shape index (κ2) is 7.84. The Morgan fingerprint density at radius 1 is 1.23 bits per heavy atom. The van der Waals surface area contributed by atoms with Crippen LogP contribution in [0.25, 0.3) is 0 Å². The minimum Gasteiger partial charge on any atom is -0.493 e. The number of hydrogen-bond acceptors (Lipinski definition) is 4. The van der Waals surface area contributed by atoms with Crippen LogP contribution in [0.1, 0.15) is 17.5 Å². The number of carbonyl (C=O) groups excluding carboxylic acids is 1. The SMILES string of the molecule is CSc1ccc(NC(=O)CCOc2cc(C)cc(C)c2)cn1. The number of aryl methyl sites for hydroxylation is 2. The number of pyridine rings is 1. The predicted molar refractivity (Wildman–Crippen MR) is 90.7 cm³/mol. The van der Waals surface area contributed by atoms with Gasteiger partial charge in [0.15, 0.2) is 0 Å². The number of thioether (sulfide) groups is 1. The molecule has 1 amide bonds. The van der Waals surface area contributed by atoms with Gasteiger partial charge in [0.05, 0.1) is 29.9 Å². The Hall–Kier alpha value is -2.01. The first-order valence-corrected chi connectivity index (χ1v) is 8.30. The van der Waals surface area contributed by atoms with Crippen molar-refractivity contribution in [3.63, 3.8) is 0 Å². The minimum atomic E-state index is -0.0805. The third kappa shape index (κ3) is 5.07. The number of ether oxygens (including phenoxy) is 1. The number of anilines is 1. The topological polar surface area (TPSA) is 51.2 Å². The second-order valence-corrected chi connectivity index (χ2v) is 5.89. The van der Waals surface area contributed by atoms with Crippen LogP contribution in [0.5, 0.6) is 5.75 Å². The lowest BCUT2D eigenvalue weighted by Crippen LogP contribution is -2.15. The quantitative estimate of drug-likeness (QED) is 0.823. The number of benzene rings is 1. The number of nitrogens with one attached hydrogen (secondary N) is 1. The molecule has 5 heteroatoms. The fourth-order valence-electron chi connectivity index (χ4n) is 2.08. The van der Waals surface area contributed by atoms with Crippen molar-refractivity contribution in [1.29, 1.82) is 0 Å². The molecule has 0 fully saturated rings. The maximum absolute atomic E-state index is 11.9. The molecule has 0 unspecified atom stereocenters. The van der Waals surface area contributed by atoms with E-state index in [0.29, 0.717) is 18.7 Å². The van der Waals surface area contributed by atoms with E-state index in [1.807, 2.05) is 44.4 Å². The van der Waals surface area contributed by atoms with E-state index in [4.69, 9.17) is 4.74 Å². The van der Waals surface area contributed by atoms with Gasteiger partial charge in [-0.3, -0.25) is 4.79 Å². The van der Waals surface area contributed by atoms with Gasteiger partial charge in [0.25, 0.3) is 0 Å². The van der Waals surface area contributed by atoms with E-state index in [1.165, 1.54) is 0 Å². The average Bonchev–Trinajstić information content (AvgIpc) is 2.47. The summed E-state index contributed by atoms with van der Waals surface area (Å²) >= 11 is 1.57. The van der Waals surface area contributed by atoms with Crippen molar-refractivity contribution in [1.82, 2.24) is 4.98 Å². The summed E-state index contributed by atoms with van der Waals surface area (Å²) in [7, 11) is 0. The number of aromatic nitrogens is 1. The molecule has 0 bridgehead atoms. The number of nitrogens with zero attached hydrogens (tertiary/aromatic N) is 1. The summed E-state index contributed by atoms with van der Waals surface area (Å²) in [5, 5.41) is 3.74. The molecule has 0 saturated carbocycles. The molecular formula is C17H20N2O2S. The highest BCUT2D eigenvalue weighted by Crippen LogP contribution is 2.17. The molecule has 22 heavy (non-hydrogen) atoms. The number of carbonyl (C=O) groups is 1. The molecule has 4 nitrogen and oxygen atoms in total. The highest BCUT2D eigenvalue weighted by atomic mass is 32.2. The van der Waals surface area contributed by atoms with Crippen molar-refractivity contribution in [2.75, 3.05) is 18.2 Å². The molecule has 0 spiro atoms. The smallest absolute Gasteiger partial charge is 0.227 e. The lowest BCUT2D eigenvalue weighted by atomic mass is 10.1. The van der Waals surface area contributed by atoms with Gasteiger partial charge in [-0.15, -0.1) is 11.8 Å². The van der Waals surface area contributed by atoms with E-state index in [9.17, 15) is 4.79 Å². The van der Waals surface area contributed by atoms with E-state index >= 15 is 0 Å². The Kier molecular flexibility index (Phi) is 5.83. The van der Waals surface area contributed by atoms with Crippen LogP contribution >= 0.6 is 11.8 Å². The van der Waals surface area contributed by atoms with Gasteiger partial charge in [-0.1, -0.05) is 6.07 Å². The molecule has 0 atom stereocenters. The molecule has 1 aromatic carbocycles. The van der Waals surface area contributed by atoms with Gasteiger partial charge in [0, 0.05) is 0 Å². The van der Waals surface area contributed by atoms with Crippen LogP contribution in [-0.2, 0) is 4.79 Å². The Balaban J connectivity index is 1.79. The fraction of sp³-hybridized carbons (Fsp3) is 0.294.